The van der Waals surface area contributed by atoms with E-state index in [0.717, 1.165) is 28.5 Å². The molecule has 1 saturated carbocycles. The largest absolute Gasteiger partial charge is 0.363 e. The smallest absolute Gasteiger partial charge is 0.205 e. The molecule has 5 heteroatoms. The highest BCUT2D eigenvalue weighted by Gasteiger charge is 2.44. The Kier molecular flexibility index (Phi) is 1.95. The summed E-state index contributed by atoms with van der Waals surface area (Å²) in [6.45, 7) is 3.55. The van der Waals surface area contributed by atoms with Gasteiger partial charge in [0.2, 0.25) is 5.13 Å². The molecule has 1 aromatic heterocycles. The summed E-state index contributed by atoms with van der Waals surface area (Å²) in [5.41, 5.74) is 0. The van der Waals surface area contributed by atoms with Gasteiger partial charge < -0.3 is 5.32 Å². The Morgan fingerprint density at radius 3 is 2.86 bits per heavy atom. The van der Waals surface area contributed by atoms with E-state index in [4.69, 9.17) is 0 Å². The molecule has 76 valence electrons. The third-order valence-electron chi connectivity index (χ3n) is 3.09. The number of hydrogen-bond acceptors (Lipinski definition) is 5. The second-order valence-electron chi connectivity index (χ2n) is 4.20. The van der Waals surface area contributed by atoms with Gasteiger partial charge in [0, 0.05) is 20.1 Å². The maximum atomic E-state index is 4.15. The fourth-order valence-corrected chi connectivity index (χ4v) is 2.97. The van der Waals surface area contributed by atoms with Crippen molar-refractivity contribution in [1.29, 1.82) is 0 Å². The number of nitrogens with one attached hydrogen (secondary N) is 1. The summed E-state index contributed by atoms with van der Waals surface area (Å²) >= 11 is 1.66. The summed E-state index contributed by atoms with van der Waals surface area (Å²) in [4.78, 5) is 2.50. The molecule has 3 rings (SSSR count). The van der Waals surface area contributed by atoms with Crippen LogP contribution in [0.5, 0.6) is 0 Å². The van der Waals surface area contributed by atoms with Crippen molar-refractivity contribution in [1.82, 2.24) is 15.1 Å². The Bertz CT molecular complexity index is 327. The lowest BCUT2D eigenvalue weighted by molar-refractivity contribution is 0.296. The topological polar surface area (TPSA) is 41.1 Å². The minimum atomic E-state index is 0.921. The Morgan fingerprint density at radius 2 is 2.21 bits per heavy atom. The van der Waals surface area contributed by atoms with Gasteiger partial charge in [-0.05, 0) is 18.3 Å². The SMILES string of the molecule is CNc1nnc(CN2CC3CC3C2)s1. The van der Waals surface area contributed by atoms with Crippen LogP contribution in [0.2, 0.25) is 0 Å². The molecule has 2 aliphatic rings. The molecular weight excluding hydrogens is 196 g/mol. The van der Waals surface area contributed by atoms with Crippen LogP contribution in [0, 0.1) is 11.8 Å². The van der Waals surface area contributed by atoms with E-state index in [2.05, 4.69) is 20.4 Å². The third kappa shape index (κ3) is 1.50. The molecule has 0 amide bonds. The van der Waals surface area contributed by atoms with Gasteiger partial charge in [0.15, 0.2) is 0 Å². The molecule has 4 nitrogen and oxygen atoms in total. The Morgan fingerprint density at radius 1 is 1.43 bits per heavy atom. The molecule has 0 spiro atoms. The van der Waals surface area contributed by atoms with Gasteiger partial charge in [0.25, 0.3) is 0 Å². The van der Waals surface area contributed by atoms with Crippen LogP contribution in [0.3, 0.4) is 0 Å². The Labute approximate surface area is 87.3 Å². The van der Waals surface area contributed by atoms with Crippen LogP contribution in [0.15, 0.2) is 0 Å². The number of rotatable bonds is 3. The first kappa shape index (κ1) is 8.61. The summed E-state index contributed by atoms with van der Waals surface area (Å²) in [5.74, 6) is 2.01. The van der Waals surface area contributed by atoms with Gasteiger partial charge in [0.1, 0.15) is 5.01 Å². The van der Waals surface area contributed by atoms with E-state index in [1.165, 1.54) is 19.5 Å². The molecule has 0 bridgehead atoms. The summed E-state index contributed by atoms with van der Waals surface area (Å²) in [6.07, 6.45) is 1.47. The van der Waals surface area contributed by atoms with Gasteiger partial charge >= 0.3 is 0 Å². The second kappa shape index (κ2) is 3.17. The Balaban J connectivity index is 1.61. The van der Waals surface area contributed by atoms with E-state index in [9.17, 15) is 0 Å². The van der Waals surface area contributed by atoms with Crippen LogP contribution >= 0.6 is 11.3 Å². The van der Waals surface area contributed by atoms with Crippen LogP contribution in [-0.2, 0) is 6.54 Å². The molecule has 1 saturated heterocycles. The minimum absolute atomic E-state index is 0.921. The maximum Gasteiger partial charge on any atom is 0.205 e. The predicted octanol–water partition coefficient (Wildman–Crippen LogP) is 1.03. The van der Waals surface area contributed by atoms with E-state index in [0.29, 0.717) is 0 Å². The second-order valence-corrected chi connectivity index (χ2v) is 5.26. The monoisotopic (exact) mass is 210 g/mol. The van der Waals surface area contributed by atoms with Gasteiger partial charge in [0.05, 0.1) is 6.54 Å². The van der Waals surface area contributed by atoms with E-state index in [1.54, 1.807) is 11.3 Å². The number of piperidine rings is 1. The zero-order valence-electron chi connectivity index (χ0n) is 8.23. The molecule has 2 heterocycles. The molecule has 1 aliphatic heterocycles. The third-order valence-corrected chi connectivity index (χ3v) is 4.02. The van der Waals surface area contributed by atoms with Gasteiger partial charge in [-0.3, -0.25) is 4.90 Å². The van der Waals surface area contributed by atoms with Crippen LogP contribution in [0.4, 0.5) is 5.13 Å². The van der Waals surface area contributed by atoms with E-state index in [-0.39, 0.29) is 0 Å². The van der Waals surface area contributed by atoms with Gasteiger partial charge in [-0.1, -0.05) is 11.3 Å². The zero-order chi connectivity index (χ0) is 9.54. The molecule has 1 N–H and O–H groups in total. The van der Waals surface area contributed by atoms with Crippen molar-refractivity contribution in [2.75, 3.05) is 25.5 Å². The van der Waals surface area contributed by atoms with Crippen molar-refractivity contribution in [3.8, 4) is 0 Å². The van der Waals surface area contributed by atoms with Gasteiger partial charge in [-0.25, -0.2) is 0 Å². The fraction of sp³-hybridized carbons (Fsp3) is 0.778. The number of anilines is 1. The Hall–Kier alpha value is -0.680. The molecule has 14 heavy (non-hydrogen) atoms. The minimum Gasteiger partial charge on any atom is -0.363 e. The molecule has 0 aromatic carbocycles. The molecule has 1 aromatic rings. The summed E-state index contributed by atoms with van der Waals surface area (Å²) in [5, 5.41) is 13.3. The van der Waals surface area contributed by atoms with Crippen molar-refractivity contribution in [3.05, 3.63) is 5.01 Å². The van der Waals surface area contributed by atoms with Crippen molar-refractivity contribution in [3.63, 3.8) is 0 Å². The molecule has 2 atom stereocenters. The zero-order valence-corrected chi connectivity index (χ0v) is 9.05. The van der Waals surface area contributed by atoms with E-state index >= 15 is 0 Å². The normalized spacial score (nSPS) is 30.4. The molecular formula is C9H14N4S. The standard InChI is InChI=1S/C9H14N4S/c1-10-9-12-11-8(14-9)5-13-3-6-2-7(6)4-13/h6-7H,2-5H2,1H3,(H,10,12). The van der Waals surface area contributed by atoms with E-state index in [1.807, 2.05) is 7.05 Å². The molecule has 0 radical (unpaired) electrons. The molecule has 2 fully saturated rings. The van der Waals surface area contributed by atoms with Crippen molar-refractivity contribution < 1.29 is 0 Å². The number of fused-ring (bicyclic) bond motifs is 1. The molecule has 2 unspecified atom stereocenters. The van der Waals surface area contributed by atoms with Gasteiger partial charge in [-0.2, -0.15) is 0 Å². The van der Waals surface area contributed by atoms with Crippen LogP contribution in [0.25, 0.3) is 0 Å². The van der Waals surface area contributed by atoms with Crippen LogP contribution < -0.4 is 5.32 Å². The first-order valence-corrected chi connectivity index (χ1v) is 5.89. The number of hydrogen-bond donors (Lipinski definition) is 1. The highest BCUT2D eigenvalue weighted by molar-refractivity contribution is 7.15. The van der Waals surface area contributed by atoms with Crippen molar-refractivity contribution in [2.24, 2.45) is 11.8 Å². The summed E-state index contributed by atoms with van der Waals surface area (Å²) < 4.78 is 0. The summed E-state index contributed by atoms with van der Waals surface area (Å²) in [6, 6.07) is 0. The number of nitrogens with zero attached hydrogens (tertiary/aromatic N) is 3. The first-order valence-electron chi connectivity index (χ1n) is 5.07. The molecule has 1 aliphatic carbocycles. The lowest BCUT2D eigenvalue weighted by Gasteiger charge is -2.14. The highest BCUT2D eigenvalue weighted by atomic mass is 32.1. The fourth-order valence-electron chi connectivity index (χ4n) is 2.23. The van der Waals surface area contributed by atoms with Gasteiger partial charge in [-0.15, -0.1) is 10.2 Å². The van der Waals surface area contributed by atoms with E-state index < -0.39 is 0 Å². The number of aromatic nitrogens is 2. The van der Waals surface area contributed by atoms with Crippen LogP contribution in [0.1, 0.15) is 11.4 Å². The lowest BCUT2D eigenvalue weighted by Crippen LogP contribution is -2.21. The van der Waals surface area contributed by atoms with Crippen molar-refractivity contribution >= 4 is 16.5 Å². The predicted molar refractivity (Wildman–Crippen MR) is 56.3 cm³/mol. The maximum absolute atomic E-state index is 4.15. The summed E-state index contributed by atoms with van der Waals surface area (Å²) in [7, 11) is 1.88. The lowest BCUT2D eigenvalue weighted by atomic mass is 10.4. The van der Waals surface area contributed by atoms with Crippen LogP contribution in [-0.4, -0.2) is 35.2 Å². The average molecular weight is 210 g/mol. The first-order chi connectivity index (χ1) is 6.85. The quantitative estimate of drug-likeness (QED) is 0.809. The van der Waals surface area contributed by atoms with Crippen molar-refractivity contribution in [2.45, 2.75) is 13.0 Å². The number of likely N-dealkylation sites (tertiary alicyclic amines) is 1. The average Bonchev–Trinajstić information content (AvgIpc) is 2.66. The highest BCUT2D eigenvalue weighted by Crippen LogP contribution is 2.45.